The first-order valence-corrected chi connectivity index (χ1v) is 11.5. The van der Waals surface area contributed by atoms with Gasteiger partial charge in [-0.1, -0.05) is 58.9 Å². The maximum absolute atomic E-state index is 13.5. The van der Waals surface area contributed by atoms with Crippen LogP contribution in [0.15, 0.2) is 98.2 Å². The molecular formula is C27H20BrN3O4. The minimum Gasteiger partial charge on any atom is -0.493 e. The van der Waals surface area contributed by atoms with Crippen molar-refractivity contribution in [3.05, 3.63) is 99.8 Å². The number of fused-ring (bicyclic) bond motifs is 2. The summed E-state index contributed by atoms with van der Waals surface area (Å²) in [5.74, 6) is 1.72. The molecule has 2 heterocycles. The lowest BCUT2D eigenvalue weighted by Crippen LogP contribution is -2.20. The Morgan fingerprint density at radius 1 is 1.14 bits per heavy atom. The molecule has 5 aromatic rings. The molecule has 0 spiro atoms. The number of methoxy groups -OCH3 is 1. The fraction of sp³-hybridized carbons (Fsp3) is 0.0741. The number of nitrogens with zero attached hydrogens (tertiary/aromatic N) is 3. The van der Waals surface area contributed by atoms with Crippen LogP contribution in [0.1, 0.15) is 5.56 Å². The van der Waals surface area contributed by atoms with Gasteiger partial charge in [0.25, 0.3) is 5.56 Å². The molecule has 0 unspecified atom stereocenters. The van der Waals surface area contributed by atoms with Gasteiger partial charge in [-0.2, -0.15) is 9.78 Å². The summed E-state index contributed by atoms with van der Waals surface area (Å²) in [6.45, 7) is 3.98. The number of halogens is 1. The third-order valence-corrected chi connectivity index (χ3v) is 5.78. The minimum absolute atomic E-state index is 0.278. The largest absolute Gasteiger partial charge is 0.493 e. The Balaban J connectivity index is 1.72. The molecule has 8 heteroatoms. The van der Waals surface area contributed by atoms with Gasteiger partial charge in [0.1, 0.15) is 12.2 Å². The maximum Gasteiger partial charge on any atom is 0.282 e. The number of aromatic nitrogens is 2. The summed E-state index contributed by atoms with van der Waals surface area (Å²) in [4.78, 5) is 18.2. The topological polar surface area (TPSA) is 78.9 Å². The fourth-order valence-corrected chi connectivity index (χ4v) is 4.19. The molecule has 2 aromatic heterocycles. The summed E-state index contributed by atoms with van der Waals surface area (Å²) in [5.41, 5.74) is 1.53. The summed E-state index contributed by atoms with van der Waals surface area (Å²) < 4.78 is 19.3. The molecule has 7 nitrogen and oxygen atoms in total. The lowest BCUT2D eigenvalue weighted by atomic mass is 10.2. The molecule has 0 fully saturated rings. The predicted molar refractivity (Wildman–Crippen MR) is 141 cm³/mol. The predicted octanol–water partition coefficient (Wildman–Crippen LogP) is 6.03. The summed E-state index contributed by atoms with van der Waals surface area (Å²) in [7, 11) is 1.56. The fourth-order valence-electron chi connectivity index (χ4n) is 3.74. The van der Waals surface area contributed by atoms with Crippen LogP contribution < -0.4 is 15.0 Å². The van der Waals surface area contributed by atoms with Crippen LogP contribution in [0, 0.1) is 0 Å². The number of furan rings is 1. The zero-order valence-corrected chi connectivity index (χ0v) is 20.4. The van der Waals surface area contributed by atoms with E-state index in [2.05, 4.69) is 27.6 Å². The van der Waals surface area contributed by atoms with Crippen LogP contribution in [0.5, 0.6) is 11.5 Å². The number of benzene rings is 3. The second-order valence-electron chi connectivity index (χ2n) is 7.59. The molecule has 0 saturated carbocycles. The van der Waals surface area contributed by atoms with Crippen LogP contribution in [0.2, 0.25) is 0 Å². The van der Waals surface area contributed by atoms with Gasteiger partial charge < -0.3 is 13.9 Å². The zero-order valence-electron chi connectivity index (χ0n) is 18.8. The van der Waals surface area contributed by atoms with Crippen LogP contribution in [0.3, 0.4) is 0 Å². The van der Waals surface area contributed by atoms with Crippen LogP contribution in [-0.4, -0.2) is 29.6 Å². The van der Waals surface area contributed by atoms with Crippen molar-refractivity contribution < 1.29 is 13.9 Å². The lowest BCUT2D eigenvalue weighted by Gasteiger charge is -2.13. The summed E-state index contributed by atoms with van der Waals surface area (Å²) in [5, 5.41) is 5.88. The highest BCUT2D eigenvalue weighted by atomic mass is 79.9. The average molecular weight is 530 g/mol. The van der Waals surface area contributed by atoms with Crippen LogP contribution in [-0.2, 0) is 0 Å². The van der Waals surface area contributed by atoms with Crippen LogP contribution in [0.4, 0.5) is 0 Å². The van der Waals surface area contributed by atoms with E-state index in [1.54, 1.807) is 37.5 Å². The lowest BCUT2D eigenvalue weighted by molar-refractivity contribution is 0.326. The maximum atomic E-state index is 13.5. The van der Waals surface area contributed by atoms with E-state index in [0.29, 0.717) is 39.3 Å². The number of ether oxygens (including phenoxy) is 2. The molecule has 0 bridgehead atoms. The average Bonchev–Trinajstić information content (AvgIpc) is 3.31. The summed E-state index contributed by atoms with van der Waals surface area (Å²) in [6.07, 6.45) is 3.18. The molecule has 0 N–H and O–H groups in total. The van der Waals surface area contributed by atoms with Crippen molar-refractivity contribution in [2.45, 2.75) is 0 Å². The van der Waals surface area contributed by atoms with E-state index in [-0.39, 0.29) is 18.0 Å². The Hall–Kier alpha value is -4.17. The normalized spacial score (nSPS) is 11.4. The molecule has 0 aliphatic rings. The highest BCUT2D eigenvalue weighted by Gasteiger charge is 2.17. The molecular weight excluding hydrogens is 510 g/mol. The first-order valence-electron chi connectivity index (χ1n) is 10.8. The number of hydrogen-bond acceptors (Lipinski definition) is 6. The molecule has 174 valence electrons. The first kappa shape index (κ1) is 22.6. The SMILES string of the molecule is C=CCOc1c(C=Nn2c(-c3cc4ccccc4o3)nc3ccccc3c2=O)cc(Br)cc1OC. The Bertz CT molecular complexity index is 1620. The Kier molecular flexibility index (Phi) is 6.20. The Labute approximate surface area is 209 Å². The third kappa shape index (κ3) is 4.36. The molecule has 0 radical (unpaired) electrons. The van der Waals surface area contributed by atoms with Gasteiger partial charge >= 0.3 is 0 Å². The molecule has 0 aliphatic carbocycles. The second kappa shape index (κ2) is 9.60. The zero-order chi connectivity index (χ0) is 24.4. The molecule has 35 heavy (non-hydrogen) atoms. The Morgan fingerprint density at radius 2 is 1.94 bits per heavy atom. The van der Waals surface area contributed by atoms with Crippen molar-refractivity contribution in [1.82, 2.24) is 9.66 Å². The number of hydrogen-bond donors (Lipinski definition) is 0. The van der Waals surface area contributed by atoms with Gasteiger partial charge in [0, 0.05) is 15.4 Å². The van der Waals surface area contributed by atoms with E-state index >= 15 is 0 Å². The first-order chi connectivity index (χ1) is 17.1. The number of rotatable bonds is 7. The van der Waals surface area contributed by atoms with Crippen molar-refractivity contribution in [2.24, 2.45) is 5.10 Å². The van der Waals surface area contributed by atoms with Gasteiger partial charge in [-0.25, -0.2) is 4.98 Å². The molecule has 3 aromatic carbocycles. The van der Waals surface area contributed by atoms with Crippen molar-refractivity contribution in [3.8, 4) is 23.1 Å². The van der Waals surface area contributed by atoms with E-state index in [0.717, 1.165) is 9.86 Å². The molecule has 0 amide bonds. The molecule has 0 saturated heterocycles. The third-order valence-electron chi connectivity index (χ3n) is 5.33. The summed E-state index contributed by atoms with van der Waals surface area (Å²) in [6, 6.07) is 20.2. The van der Waals surface area contributed by atoms with E-state index < -0.39 is 0 Å². The monoisotopic (exact) mass is 529 g/mol. The highest BCUT2D eigenvalue weighted by Crippen LogP contribution is 2.34. The summed E-state index contributed by atoms with van der Waals surface area (Å²) >= 11 is 3.49. The van der Waals surface area contributed by atoms with E-state index in [4.69, 9.17) is 18.9 Å². The standard InChI is InChI=1S/C27H20BrN3O4/c1-3-12-34-25-18(13-19(28)15-23(25)33-2)16-29-31-26(24-14-17-8-4-7-11-22(17)35-24)30-21-10-6-5-9-20(21)27(31)32/h3-11,13-16H,1,12H2,2H3. The van der Waals surface area contributed by atoms with Gasteiger partial charge in [-0.05, 0) is 36.4 Å². The van der Waals surface area contributed by atoms with Crippen LogP contribution >= 0.6 is 15.9 Å². The second-order valence-corrected chi connectivity index (χ2v) is 8.50. The molecule has 0 aliphatic heterocycles. The van der Waals surface area contributed by atoms with Crippen LogP contribution in [0.25, 0.3) is 33.5 Å². The molecule has 0 atom stereocenters. The van der Waals surface area contributed by atoms with Crippen molar-refractivity contribution in [1.29, 1.82) is 0 Å². The number of para-hydroxylation sites is 2. The van der Waals surface area contributed by atoms with Gasteiger partial charge in [-0.15, -0.1) is 0 Å². The minimum atomic E-state index is -0.321. The van der Waals surface area contributed by atoms with Gasteiger partial charge in [0.15, 0.2) is 17.3 Å². The van der Waals surface area contributed by atoms with Crippen molar-refractivity contribution in [3.63, 3.8) is 0 Å². The van der Waals surface area contributed by atoms with E-state index in [1.807, 2.05) is 42.5 Å². The van der Waals surface area contributed by atoms with Crippen molar-refractivity contribution >= 4 is 44.0 Å². The van der Waals surface area contributed by atoms with Gasteiger partial charge in [0.05, 0.1) is 24.2 Å². The van der Waals surface area contributed by atoms with Gasteiger partial charge in [0.2, 0.25) is 5.82 Å². The Morgan fingerprint density at radius 3 is 2.74 bits per heavy atom. The molecule has 5 rings (SSSR count). The van der Waals surface area contributed by atoms with E-state index in [9.17, 15) is 4.79 Å². The highest BCUT2D eigenvalue weighted by molar-refractivity contribution is 9.10. The van der Waals surface area contributed by atoms with Gasteiger partial charge in [-0.3, -0.25) is 4.79 Å². The van der Waals surface area contributed by atoms with Crippen molar-refractivity contribution in [2.75, 3.05) is 13.7 Å². The quantitative estimate of drug-likeness (QED) is 0.190. The van der Waals surface area contributed by atoms with E-state index in [1.165, 1.54) is 10.9 Å². The smallest absolute Gasteiger partial charge is 0.282 e.